The third-order valence-electron chi connectivity index (χ3n) is 6.64. The quantitative estimate of drug-likeness (QED) is 0.544. The maximum Gasteiger partial charge on any atom is 0.329 e. The van der Waals surface area contributed by atoms with E-state index in [9.17, 15) is 19.2 Å². The Bertz CT molecular complexity index is 958. The highest BCUT2D eigenvalue weighted by Gasteiger charge is 2.72. The van der Waals surface area contributed by atoms with E-state index in [1.807, 2.05) is 44.2 Å². The molecule has 0 aromatic heterocycles. The Kier molecular flexibility index (Phi) is 4.60. The second-order valence-corrected chi connectivity index (χ2v) is 8.97. The van der Waals surface area contributed by atoms with E-state index >= 15 is 0 Å². The van der Waals surface area contributed by atoms with Crippen molar-refractivity contribution in [3.8, 4) is 0 Å². The predicted molar refractivity (Wildman–Crippen MR) is 109 cm³/mol. The molecule has 3 unspecified atom stereocenters. The zero-order valence-electron chi connectivity index (χ0n) is 17.5. The number of Topliss-reactive ketones (excluding diaryl/α,β-unsaturated/α-hetero) is 2. The van der Waals surface area contributed by atoms with E-state index in [0.717, 1.165) is 5.56 Å². The standard InChI is InChI=1S/C23H25NO6/c1-22(2)11-16(25)23(17(26)12-22)15-10-9-13-7-5-6-8-14(13)24(15)19(21(28)30-4)18(23)20(27)29-3/h5-10,15,18-19H,11-12H2,1-4H3. The number of rotatable bonds is 2. The van der Waals surface area contributed by atoms with Crippen molar-refractivity contribution in [3.63, 3.8) is 0 Å². The van der Waals surface area contributed by atoms with Crippen molar-refractivity contribution in [1.29, 1.82) is 0 Å². The van der Waals surface area contributed by atoms with Gasteiger partial charge in [-0.3, -0.25) is 14.4 Å². The third-order valence-corrected chi connectivity index (χ3v) is 6.64. The van der Waals surface area contributed by atoms with Crippen molar-refractivity contribution >= 4 is 35.3 Å². The van der Waals surface area contributed by atoms with E-state index in [1.165, 1.54) is 14.2 Å². The van der Waals surface area contributed by atoms with Gasteiger partial charge >= 0.3 is 11.9 Å². The highest BCUT2D eigenvalue weighted by molar-refractivity contribution is 6.16. The summed E-state index contributed by atoms with van der Waals surface area (Å²) in [4.78, 5) is 55.0. The van der Waals surface area contributed by atoms with Crippen LogP contribution in [0.3, 0.4) is 0 Å². The van der Waals surface area contributed by atoms with Gasteiger partial charge in [0.2, 0.25) is 0 Å². The summed E-state index contributed by atoms with van der Waals surface area (Å²) in [6.45, 7) is 3.72. The lowest BCUT2D eigenvalue weighted by atomic mass is 9.56. The summed E-state index contributed by atoms with van der Waals surface area (Å²) < 4.78 is 10.1. The average molecular weight is 411 g/mol. The lowest BCUT2D eigenvalue weighted by Crippen LogP contribution is -2.58. The molecule has 30 heavy (non-hydrogen) atoms. The van der Waals surface area contributed by atoms with Crippen molar-refractivity contribution < 1.29 is 28.7 Å². The van der Waals surface area contributed by atoms with E-state index < -0.39 is 40.8 Å². The molecule has 0 radical (unpaired) electrons. The van der Waals surface area contributed by atoms with Gasteiger partial charge in [0.25, 0.3) is 0 Å². The molecule has 2 fully saturated rings. The molecule has 3 aliphatic rings. The molecule has 1 saturated carbocycles. The van der Waals surface area contributed by atoms with Crippen LogP contribution in [0.5, 0.6) is 0 Å². The number of fused-ring (bicyclic) bond motifs is 4. The molecular weight excluding hydrogens is 386 g/mol. The first-order valence-corrected chi connectivity index (χ1v) is 9.97. The zero-order valence-corrected chi connectivity index (χ0v) is 17.5. The Hall–Kier alpha value is -2.96. The van der Waals surface area contributed by atoms with Gasteiger partial charge in [0.1, 0.15) is 28.9 Å². The van der Waals surface area contributed by atoms with Gasteiger partial charge in [0.15, 0.2) is 0 Å². The number of carbonyl (C=O) groups is 4. The van der Waals surface area contributed by atoms with Crippen LogP contribution in [0.1, 0.15) is 32.3 Å². The number of carbonyl (C=O) groups excluding carboxylic acids is 4. The van der Waals surface area contributed by atoms with Gasteiger partial charge in [-0.15, -0.1) is 0 Å². The summed E-state index contributed by atoms with van der Waals surface area (Å²) in [7, 11) is 2.43. The van der Waals surface area contributed by atoms with Crippen LogP contribution in [0.25, 0.3) is 6.08 Å². The third kappa shape index (κ3) is 2.57. The van der Waals surface area contributed by atoms with Gasteiger partial charge in [-0.1, -0.05) is 44.2 Å². The largest absolute Gasteiger partial charge is 0.469 e. The van der Waals surface area contributed by atoms with Crippen LogP contribution in [-0.2, 0) is 28.7 Å². The van der Waals surface area contributed by atoms with E-state index in [1.54, 1.807) is 11.0 Å². The average Bonchev–Trinajstić information content (AvgIpc) is 3.03. The molecule has 0 N–H and O–H groups in total. The van der Waals surface area contributed by atoms with Crippen molar-refractivity contribution in [1.82, 2.24) is 0 Å². The SMILES string of the molecule is COC(=O)C1C(C(=O)OC)C2(C(=O)CC(C)(C)CC2=O)C2C=Cc3ccccc3N12. The first-order valence-electron chi connectivity index (χ1n) is 9.97. The Labute approximate surface area is 175 Å². The molecule has 1 saturated heterocycles. The van der Waals surface area contributed by atoms with Crippen LogP contribution < -0.4 is 4.90 Å². The lowest BCUT2D eigenvalue weighted by Gasteiger charge is -2.44. The smallest absolute Gasteiger partial charge is 0.329 e. The molecule has 0 bridgehead atoms. The van der Waals surface area contributed by atoms with E-state index in [4.69, 9.17) is 9.47 Å². The fraction of sp³-hybridized carbons (Fsp3) is 0.478. The predicted octanol–water partition coefficient (Wildman–Crippen LogP) is 2.18. The minimum absolute atomic E-state index is 0.139. The first kappa shape index (κ1) is 20.3. The number of ether oxygens (including phenoxy) is 2. The van der Waals surface area contributed by atoms with Gasteiger partial charge in [-0.25, -0.2) is 4.79 Å². The molecule has 7 heteroatoms. The fourth-order valence-electron chi connectivity index (χ4n) is 5.46. The molecule has 1 aliphatic carbocycles. The van der Waals surface area contributed by atoms with Crippen LogP contribution in [0, 0.1) is 16.7 Å². The van der Waals surface area contributed by atoms with Crippen LogP contribution in [0.4, 0.5) is 5.69 Å². The number of para-hydroxylation sites is 1. The van der Waals surface area contributed by atoms with Crippen LogP contribution >= 0.6 is 0 Å². The van der Waals surface area contributed by atoms with Gasteiger partial charge in [-0.05, 0) is 17.0 Å². The van der Waals surface area contributed by atoms with Crippen molar-refractivity contribution in [2.45, 2.75) is 38.8 Å². The molecular formula is C23H25NO6. The number of ketones is 2. The maximum absolute atomic E-state index is 13.7. The number of anilines is 1. The zero-order chi connectivity index (χ0) is 21.8. The summed E-state index contributed by atoms with van der Waals surface area (Å²) in [5.41, 5.74) is -0.688. The molecule has 2 heterocycles. The van der Waals surface area contributed by atoms with E-state index in [0.29, 0.717) is 5.69 Å². The number of hydrogen-bond acceptors (Lipinski definition) is 7. The van der Waals surface area contributed by atoms with Gasteiger partial charge in [-0.2, -0.15) is 0 Å². The fourth-order valence-corrected chi connectivity index (χ4v) is 5.46. The second kappa shape index (κ2) is 6.79. The number of hydrogen-bond donors (Lipinski definition) is 0. The molecule has 7 nitrogen and oxygen atoms in total. The first-order chi connectivity index (χ1) is 14.2. The molecule has 0 amide bonds. The number of benzene rings is 1. The maximum atomic E-state index is 13.7. The Morgan fingerprint density at radius 1 is 1.00 bits per heavy atom. The normalized spacial score (nSPS) is 28.1. The van der Waals surface area contributed by atoms with Crippen molar-refractivity contribution in [2.75, 3.05) is 19.1 Å². The molecule has 1 aromatic carbocycles. The highest BCUT2D eigenvalue weighted by Crippen LogP contribution is 2.57. The van der Waals surface area contributed by atoms with Gasteiger partial charge < -0.3 is 14.4 Å². The Morgan fingerprint density at radius 2 is 1.60 bits per heavy atom. The van der Waals surface area contributed by atoms with Crippen molar-refractivity contribution in [3.05, 3.63) is 35.9 Å². The van der Waals surface area contributed by atoms with Gasteiger partial charge in [0, 0.05) is 18.5 Å². The van der Waals surface area contributed by atoms with Gasteiger partial charge in [0.05, 0.1) is 20.3 Å². The second-order valence-electron chi connectivity index (χ2n) is 8.97. The summed E-state index contributed by atoms with van der Waals surface area (Å²) in [5, 5.41) is 0. The molecule has 1 aromatic rings. The summed E-state index contributed by atoms with van der Waals surface area (Å²) >= 11 is 0. The van der Waals surface area contributed by atoms with E-state index in [-0.39, 0.29) is 24.4 Å². The lowest BCUT2D eigenvalue weighted by molar-refractivity contribution is -0.165. The van der Waals surface area contributed by atoms with E-state index in [2.05, 4.69) is 0 Å². The number of nitrogens with zero attached hydrogens (tertiary/aromatic N) is 1. The molecule has 3 atom stereocenters. The number of esters is 2. The Balaban J connectivity index is 2.00. The van der Waals surface area contributed by atoms with Crippen molar-refractivity contribution in [2.24, 2.45) is 16.7 Å². The topological polar surface area (TPSA) is 90.0 Å². The minimum atomic E-state index is -1.69. The molecule has 1 spiro atoms. The summed E-state index contributed by atoms with van der Waals surface area (Å²) in [6, 6.07) is 5.46. The minimum Gasteiger partial charge on any atom is -0.469 e. The summed E-state index contributed by atoms with van der Waals surface area (Å²) in [5.74, 6) is -3.38. The van der Waals surface area contributed by atoms with Crippen LogP contribution in [0.2, 0.25) is 0 Å². The molecule has 4 rings (SSSR count). The molecule has 2 aliphatic heterocycles. The molecule has 158 valence electrons. The summed E-state index contributed by atoms with van der Waals surface area (Å²) in [6.07, 6.45) is 3.88. The van der Waals surface area contributed by atoms with Crippen LogP contribution in [0.15, 0.2) is 30.3 Å². The Morgan fingerprint density at radius 3 is 2.20 bits per heavy atom. The monoisotopic (exact) mass is 411 g/mol. The number of methoxy groups -OCH3 is 2. The highest BCUT2D eigenvalue weighted by atomic mass is 16.5. The van der Waals surface area contributed by atoms with Crippen LogP contribution in [-0.4, -0.2) is 49.8 Å².